The Kier molecular flexibility index (Phi) is 7.27. The summed E-state index contributed by atoms with van der Waals surface area (Å²) in [5, 5.41) is 14.7. The molecule has 0 aliphatic rings. The molecule has 20 heavy (non-hydrogen) atoms. The zero-order valence-corrected chi connectivity index (χ0v) is 11.9. The van der Waals surface area contributed by atoms with Gasteiger partial charge in [0.25, 0.3) is 0 Å². The second-order valence-corrected chi connectivity index (χ2v) is 4.72. The zero-order valence-electron chi connectivity index (χ0n) is 11.1. The molecule has 0 aliphatic carbocycles. The fourth-order valence-corrected chi connectivity index (χ4v) is 1.69. The number of nitrogens with one attached hydrogen (secondary N) is 2. The SMILES string of the molecule is O=C(O)CCCC(=O)CNC(=S)NCc1ccccc1. The fraction of sp³-hybridized carbons (Fsp3) is 0.357. The highest BCUT2D eigenvalue weighted by molar-refractivity contribution is 7.80. The molecule has 0 bridgehead atoms. The van der Waals surface area contributed by atoms with Gasteiger partial charge in [0.05, 0.1) is 6.54 Å². The van der Waals surface area contributed by atoms with Crippen LogP contribution in [0, 0.1) is 0 Å². The van der Waals surface area contributed by atoms with E-state index in [4.69, 9.17) is 17.3 Å². The van der Waals surface area contributed by atoms with E-state index < -0.39 is 5.97 Å². The number of rotatable bonds is 8. The molecule has 0 atom stereocenters. The second kappa shape index (κ2) is 9.03. The van der Waals surface area contributed by atoms with Crippen molar-refractivity contribution in [1.29, 1.82) is 0 Å². The lowest BCUT2D eigenvalue weighted by molar-refractivity contribution is -0.137. The van der Waals surface area contributed by atoms with Crippen LogP contribution >= 0.6 is 12.2 Å². The summed E-state index contributed by atoms with van der Waals surface area (Å²) in [4.78, 5) is 21.8. The lowest BCUT2D eigenvalue weighted by atomic mass is 10.2. The smallest absolute Gasteiger partial charge is 0.303 e. The Balaban J connectivity index is 2.13. The Morgan fingerprint density at radius 3 is 2.45 bits per heavy atom. The van der Waals surface area contributed by atoms with Gasteiger partial charge in [0, 0.05) is 19.4 Å². The van der Waals surface area contributed by atoms with Crippen molar-refractivity contribution >= 4 is 29.1 Å². The number of benzene rings is 1. The average Bonchev–Trinajstić information content (AvgIpc) is 2.43. The van der Waals surface area contributed by atoms with E-state index >= 15 is 0 Å². The maximum atomic E-state index is 11.5. The van der Waals surface area contributed by atoms with Gasteiger partial charge in [0.1, 0.15) is 0 Å². The molecule has 0 saturated carbocycles. The van der Waals surface area contributed by atoms with Crippen LogP contribution in [0.3, 0.4) is 0 Å². The quantitative estimate of drug-likeness (QED) is 0.630. The first-order valence-corrected chi connectivity index (χ1v) is 6.78. The molecule has 6 heteroatoms. The molecule has 1 rings (SSSR count). The first-order valence-electron chi connectivity index (χ1n) is 6.37. The second-order valence-electron chi connectivity index (χ2n) is 4.31. The molecule has 108 valence electrons. The van der Waals surface area contributed by atoms with Gasteiger partial charge in [-0.25, -0.2) is 0 Å². The topological polar surface area (TPSA) is 78.4 Å². The number of carbonyl (C=O) groups excluding carboxylic acids is 1. The maximum Gasteiger partial charge on any atom is 0.303 e. The van der Waals surface area contributed by atoms with Crippen molar-refractivity contribution in [2.75, 3.05) is 6.54 Å². The number of ketones is 1. The van der Waals surface area contributed by atoms with Crippen molar-refractivity contribution in [1.82, 2.24) is 10.6 Å². The van der Waals surface area contributed by atoms with Crippen LogP contribution in [0.25, 0.3) is 0 Å². The third-order valence-electron chi connectivity index (χ3n) is 2.59. The van der Waals surface area contributed by atoms with E-state index in [1.165, 1.54) is 0 Å². The van der Waals surface area contributed by atoms with Crippen LogP contribution in [-0.4, -0.2) is 28.5 Å². The number of Topliss-reactive ketones (excluding diaryl/α,β-unsaturated/α-hetero) is 1. The first-order chi connectivity index (χ1) is 9.58. The average molecular weight is 294 g/mol. The highest BCUT2D eigenvalue weighted by Gasteiger charge is 2.05. The minimum atomic E-state index is -0.884. The molecule has 0 saturated heterocycles. The number of hydrogen-bond donors (Lipinski definition) is 3. The molecule has 0 spiro atoms. The predicted molar refractivity (Wildman–Crippen MR) is 80.4 cm³/mol. The molecular weight excluding hydrogens is 276 g/mol. The van der Waals surface area contributed by atoms with Crippen molar-refractivity contribution in [3.63, 3.8) is 0 Å². The van der Waals surface area contributed by atoms with E-state index in [-0.39, 0.29) is 25.2 Å². The first kappa shape index (κ1) is 16.1. The normalized spacial score (nSPS) is 9.80. The van der Waals surface area contributed by atoms with E-state index in [0.717, 1.165) is 5.56 Å². The van der Waals surface area contributed by atoms with Crippen molar-refractivity contribution in [3.05, 3.63) is 35.9 Å². The lowest BCUT2D eigenvalue weighted by Gasteiger charge is -2.09. The number of carboxylic acids is 1. The number of carbonyl (C=O) groups is 2. The molecule has 1 aromatic carbocycles. The minimum Gasteiger partial charge on any atom is -0.481 e. The van der Waals surface area contributed by atoms with Crippen molar-refractivity contribution in [2.24, 2.45) is 0 Å². The zero-order chi connectivity index (χ0) is 14.8. The van der Waals surface area contributed by atoms with Gasteiger partial charge in [-0.2, -0.15) is 0 Å². The molecule has 0 aromatic heterocycles. The number of thiocarbonyl (C=S) groups is 1. The summed E-state index contributed by atoms with van der Waals surface area (Å²) in [6.07, 6.45) is 0.628. The van der Waals surface area contributed by atoms with Gasteiger partial charge in [-0.1, -0.05) is 30.3 Å². The fourth-order valence-electron chi connectivity index (χ4n) is 1.54. The van der Waals surface area contributed by atoms with E-state index in [1.54, 1.807) is 0 Å². The van der Waals surface area contributed by atoms with Crippen LogP contribution < -0.4 is 10.6 Å². The van der Waals surface area contributed by atoms with Crippen LogP contribution in [0.1, 0.15) is 24.8 Å². The van der Waals surface area contributed by atoms with Crippen LogP contribution in [0.2, 0.25) is 0 Å². The summed E-state index contributed by atoms with van der Waals surface area (Å²) in [5.41, 5.74) is 1.10. The molecule has 3 N–H and O–H groups in total. The maximum absolute atomic E-state index is 11.5. The summed E-state index contributed by atoms with van der Waals surface area (Å²) in [7, 11) is 0. The third kappa shape index (κ3) is 7.48. The van der Waals surface area contributed by atoms with Crippen LogP contribution in [0.4, 0.5) is 0 Å². The molecule has 0 heterocycles. The van der Waals surface area contributed by atoms with Gasteiger partial charge in [0.15, 0.2) is 10.9 Å². The van der Waals surface area contributed by atoms with Crippen molar-refractivity contribution in [2.45, 2.75) is 25.8 Å². The predicted octanol–water partition coefficient (Wildman–Crippen LogP) is 1.47. The number of aliphatic carboxylic acids is 1. The van der Waals surface area contributed by atoms with Gasteiger partial charge in [0.2, 0.25) is 0 Å². The van der Waals surface area contributed by atoms with Gasteiger partial charge in [-0.3, -0.25) is 9.59 Å². The highest BCUT2D eigenvalue weighted by atomic mass is 32.1. The summed E-state index contributed by atoms with van der Waals surface area (Å²) < 4.78 is 0. The van der Waals surface area contributed by atoms with E-state index in [0.29, 0.717) is 18.1 Å². The summed E-state index contributed by atoms with van der Waals surface area (Å²) in [6.45, 7) is 0.722. The van der Waals surface area contributed by atoms with Gasteiger partial charge in [-0.05, 0) is 24.2 Å². The van der Waals surface area contributed by atoms with Crippen LogP contribution in [0.15, 0.2) is 30.3 Å². The molecule has 0 aliphatic heterocycles. The standard InChI is InChI=1S/C14H18N2O3S/c17-12(7-4-8-13(18)19)10-16-14(20)15-9-11-5-2-1-3-6-11/h1-3,5-6H,4,7-10H2,(H,18,19)(H2,15,16,20). The molecule has 1 aromatic rings. The van der Waals surface area contributed by atoms with Crippen molar-refractivity contribution < 1.29 is 14.7 Å². The molecule has 0 unspecified atom stereocenters. The van der Waals surface area contributed by atoms with Gasteiger partial charge in [-0.15, -0.1) is 0 Å². The van der Waals surface area contributed by atoms with E-state index in [2.05, 4.69) is 10.6 Å². The van der Waals surface area contributed by atoms with Crippen LogP contribution in [0.5, 0.6) is 0 Å². The molecule has 0 fully saturated rings. The van der Waals surface area contributed by atoms with E-state index in [1.807, 2.05) is 30.3 Å². The summed E-state index contributed by atoms with van der Waals surface area (Å²) in [6, 6.07) is 9.79. The molecule has 0 radical (unpaired) electrons. The Hall–Kier alpha value is -1.95. The van der Waals surface area contributed by atoms with Gasteiger partial charge >= 0.3 is 5.97 Å². The highest BCUT2D eigenvalue weighted by Crippen LogP contribution is 1.97. The third-order valence-corrected chi connectivity index (χ3v) is 2.88. The lowest BCUT2D eigenvalue weighted by Crippen LogP contribution is -2.37. The Bertz CT molecular complexity index is 463. The molecule has 5 nitrogen and oxygen atoms in total. The largest absolute Gasteiger partial charge is 0.481 e. The molecule has 0 amide bonds. The van der Waals surface area contributed by atoms with Gasteiger partial charge < -0.3 is 15.7 Å². The Morgan fingerprint density at radius 1 is 1.10 bits per heavy atom. The van der Waals surface area contributed by atoms with Crippen LogP contribution in [-0.2, 0) is 16.1 Å². The number of carboxylic acid groups (broad SMARTS) is 1. The van der Waals surface area contributed by atoms with Crippen molar-refractivity contribution in [3.8, 4) is 0 Å². The Morgan fingerprint density at radius 2 is 1.80 bits per heavy atom. The Labute approximate surface area is 123 Å². The summed E-state index contributed by atoms with van der Waals surface area (Å²) >= 11 is 5.06. The minimum absolute atomic E-state index is 0.0163. The van der Waals surface area contributed by atoms with E-state index in [9.17, 15) is 9.59 Å². The monoisotopic (exact) mass is 294 g/mol. The molecular formula is C14H18N2O3S. The summed E-state index contributed by atoms with van der Waals surface area (Å²) in [5.74, 6) is -0.930. The number of hydrogen-bond acceptors (Lipinski definition) is 3.